The van der Waals surface area contributed by atoms with Crippen LogP contribution in [-0.2, 0) is 9.59 Å². The van der Waals surface area contributed by atoms with E-state index in [2.05, 4.69) is 0 Å². The van der Waals surface area contributed by atoms with Crippen LogP contribution in [0.5, 0.6) is 0 Å². The van der Waals surface area contributed by atoms with Crippen molar-refractivity contribution in [2.45, 2.75) is 0 Å². The Labute approximate surface area is 109 Å². The van der Waals surface area contributed by atoms with Crippen molar-refractivity contribution in [1.29, 1.82) is 0 Å². The molecule has 4 amide bonds. The average Bonchev–Trinajstić information content (AvgIpc) is 2.91. The lowest BCUT2D eigenvalue weighted by molar-refractivity contribution is -0.134. The van der Waals surface area contributed by atoms with E-state index in [1.165, 1.54) is 32.5 Å². The number of urea groups is 1. The molecule has 0 aliphatic carbocycles. The Morgan fingerprint density at radius 2 is 1.74 bits per heavy atom. The largest absolute Gasteiger partial charge is 0.465 e. The Morgan fingerprint density at radius 1 is 1.11 bits per heavy atom. The van der Waals surface area contributed by atoms with Crippen LogP contribution in [-0.4, -0.2) is 41.7 Å². The van der Waals surface area contributed by atoms with Gasteiger partial charge < -0.3 is 4.42 Å². The molecule has 0 aromatic carbocycles. The molecular formula is C13H12N2O4. The Kier molecular flexibility index (Phi) is 3.33. The number of carbonyl (C=O) groups is 3. The summed E-state index contributed by atoms with van der Waals surface area (Å²) in [4.78, 5) is 36.9. The summed E-state index contributed by atoms with van der Waals surface area (Å²) >= 11 is 0. The number of furan rings is 1. The van der Waals surface area contributed by atoms with Gasteiger partial charge in [0.1, 0.15) is 11.3 Å². The van der Waals surface area contributed by atoms with Crippen molar-refractivity contribution in [2.24, 2.45) is 0 Å². The highest BCUT2D eigenvalue weighted by atomic mass is 16.3. The summed E-state index contributed by atoms with van der Waals surface area (Å²) in [6, 6.07) is 2.83. The number of carbonyl (C=O) groups excluding carboxylic acids is 3. The molecular weight excluding hydrogens is 248 g/mol. The zero-order valence-electron chi connectivity index (χ0n) is 10.5. The van der Waals surface area contributed by atoms with Gasteiger partial charge in [-0.25, -0.2) is 4.79 Å². The molecule has 2 rings (SSSR count). The predicted octanol–water partition coefficient (Wildman–Crippen LogP) is 1.27. The zero-order valence-corrected chi connectivity index (χ0v) is 10.5. The molecule has 1 fully saturated rings. The molecule has 98 valence electrons. The van der Waals surface area contributed by atoms with Crippen LogP contribution in [0.2, 0.25) is 0 Å². The minimum Gasteiger partial charge on any atom is -0.465 e. The predicted molar refractivity (Wildman–Crippen MR) is 66.8 cm³/mol. The van der Waals surface area contributed by atoms with Crippen molar-refractivity contribution in [3.05, 3.63) is 41.9 Å². The van der Waals surface area contributed by atoms with E-state index in [-0.39, 0.29) is 5.57 Å². The molecule has 1 aromatic rings. The second kappa shape index (κ2) is 4.93. The lowest BCUT2D eigenvalue weighted by Crippen LogP contribution is -2.52. The number of likely N-dealkylation sites (N-methyl/N-ethyl adjacent to an activating group) is 2. The van der Waals surface area contributed by atoms with Crippen LogP contribution in [0, 0.1) is 0 Å². The van der Waals surface area contributed by atoms with Crippen molar-refractivity contribution in [3.63, 3.8) is 0 Å². The second-order valence-corrected chi connectivity index (χ2v) is 3.97. The molecule has 19 heavy (non-hydrogen) atoms. The van der Waals surface area contributed by atoms with Gasteiger partial charge in [-0.05, 0) is 24.3 Å². The highest BCUT2D eigenvalue weighted by molar-refractivity contribution is 6.28. The van der Waals surface area contributed by atoms with Crippen molar-refractivity contribution in [2.75, 3.05) is 14.1 Å². The minimum atomic E-state index is -0.637. The fraction of sp³-hybridized carbons (Fsp3) is 0.154. The maximum absolute atomic E-state index is 11.8. The monoisotopic (exact) mass is 260 g/mol. The van der Waals surface area contributed by atoms with Crippen molar-refractivity contribution >= 4 is 23.9 Å². The van der Waals surface area contributed by atoms with Crippen LogP contribution in [0.1, 0.15) is 5.76 Å². The third kappa shape index (κ3) is 2.33. The standard InChI is InChI=1S/C13H12N2O4/c1-14-11(16)10(12(17)15(2)13(14)18)7-3-5-9-6-4-8-19-9/h3-8H,1-2H3/b5-3-. The molecule has 0 radical (unpaired) electrons. The van der Waals surface area contributed by atoms with E-state index >= 15 is 0 Å². The van der Waals surface area contributed by atoms with E-state index in [1.807, 2.05) is 0 Å². The topological polar surface area (TPSA) is 70.8 Å². The molecule has 6 nitrogen and oxygen atoms in total. The molecule has 2 heterocycles. The lowest BCUT2D eigenvalue weighted by Gasteiger charge is -2.28. The summed E-state index contributed by atoms with van der Waals surface area (Å²) < 4.78 is 5.08. The third-order valence-corrected chi connectivity index (χ3v) is 2.71. The lowest BCUT2D eigenvalue weighted by atomic mass is 10.1. The molecule has 0 N–H and O–H groups in total. The van der Waals surface area contributed by atoms with Crippen LogP contribution in [0.3, 0.4) is 0 Å². The number of hydrogen-bond acceptors (Lipinski definition) is 4. The van der Waals surface area contributed by atoms with Crippen molar-refractivity contribution < 1.29 is 18.8 Å². The molecule has 0 spiro atoms. The summed E-state index contributed by atoms with van der Waals surface area (Å²) in [6.07, 6.45) is 6.03. The van der Waals surface area contributed by atoms with Gasteiger partial charge in [-0.2, -0.15) is 0 Å². The quantitative estimate of drug-likeness (QED) is 0.593. The van der Waals surface area contributed by atoms with Gasteiger partial charge in [-0.3, -0.25) is 19.4 Å². The highest BCUT2D eigenvalue weighted by Gasteiger charge is 2.37. The maximum atomic E-state index is 11.8. The molecule has 0 unspecified atom stereocenters. The van der Waals surface area contributed by atoms with Crippen LogP contribution in [0.25, 0.3) is 6.08 Å². The van der Waals surface area contributed by atoms with Gasteiger partial charge in [0.15, 0.2) is 0 Å². The van der Waals surface area contributed by atoms with Crippen LogP contribution >= 0.6 is 0 Å². The van der Waals surface area contributed by atoms with Gasteiger partial charge in [-0.15, -0.1) is 0 Å². The molecule has 1 aliphatic heterocycles. The third-order valence-electron chi connectivity index (χ3n) is 2.71. The summed E-state index contributed by atoms with van der Waals surface area (Å²) in [6.45, 7) is 0. The van der Waals surface area contributed by atoms with Gasteiger partial charge in [0, 0.05) is 14.1 Å². The zero-order chi connectivity index (χ0) is 14.0. The van der Waals surface area contributed by atoms with Crippen LogP contribution < -0.4 is 0 Å². The van der Waals surface area contributed by atoms with E-state index in [0.717, 1.165) is 9.80 Å². The van der Waals surface area contributed by atoms with Gasteiger partial charge in [0.05, 0.1) is 6.26 Å². The maximum Gasteiger partial charge on any atom is 0.333 e. The van der Waals surface area contributed by atoms with E-state index in [9.17, 15) is 14.4 Å². The normalized spacial score (nSPS) is 16.7. The minimum absolute atomic E-state index is 0.0626. The Bertz CT molecular complexity index is 558. The number of hydrogen-bond donors (Lipinski definition) is 0. The number of barbiturate groups is 1. The summed E-state index contributed by atoms with van der Waals surface area (Å²) in [5, 5.41) is 0. The first-order valence-electron chi connectivity index (χ1n) is 5.54. The molecule has 0 bridgehead atoms. The molecule has 0 saturated carbocycles. The van der Waals surface area contributed by atoms with Gasteiger partial charge in [-0.1, -0.05) is 6.08 Å². The fourth-order valence-corrected chi connectivity index (χ4v) is 1.62. The Morgan fingerprint density at radius 3 is 2.26 bits per heavy atom. The van der Waals surface area contributed by atoms with Gasteiger partial charge in [0.25, 0.3) is 11.8 Å². The highest BCUT2D eigenvalue weighted by Crippen LogP contribution is 2.14. The van der Waals surface area contributed by atoms with Crippen molar-refractivity contribution in [1.82, 2.24) is 9.80 Å². The SMILES string of the molecule is CN1C(=O)C(=C/C=C\c2ccco2)C(=O)N(C)C1=O. The molecule has 1 aromatic heterocycles. The molecule has 0 atom stereocenters. The van der Waals surface area contributed by atoms with Crippen molar-refractivity contribution in [3.8, 4) is 0 Å². The number of amides is 4. The van der Waals surface area contributed by atoms with E-state index in [4.69, 9.17) is 4.42 Å². The Hall–Kier alpha value is -2.63. The number of allylic oxidation sites excluding steroid dienone is 2. The first-order chi connectivity index (χ1) is 9.02. The van der Waals surface area contributed by atoms with E-state index < -0.39 is 17.8 Å². The molecule has 1 saturated heterocycles. The summed E-state index contributed by atoms with van der Waals surface area (Å²) in [5.41, 5.74) is -0.0626. The number of imide groups is 2. The van der Waals surface area contributed by atoms with Gasteiger partial charge in [0.2, 0.25) is 0 Å². The van der Waals surface area contributed by atoms with Crippen LogP contribution in [0.4, 0.5) is 4.79 Å². The first kappa shape index (κ1) is 12.8. The summed E-state index contributed by atoms with van der Waals surface area (Å²) in [7, 11) is 2.66. The number of nitrogens with zero attached hydrogens (tertiary/aromatic N) is 2. The summed E-state index contributed by atoms with van der Waals surface area (Å²) in [5.74, 6) is -0.625. The Balaban J connectivity index is 2.25. The first-order valence-corrected chi connectivity index (χ1v) is 5.54. The average molecular weight is 260 g/mol. The molecule has 6 heteroatoms. The van der Waals surface area contributed by atoms with E-state index in [0.29, 0.717) is 5.76 Å². The second-order valence-electron chi connectivity index (χ2n) is 3.97. The fourth-order valence-electron chi connectivity index (χ4n) is 1.62. The van der Waals surface area contributed by atoms with E-state index in [1.54, 1.807) is 18.2 Å². The van der Waals surface area contributed by atoms with Crippen LogP contribution in [0.15, 0.2) is 40.5 Å². The number of rotatable bonds is 2. The van der Waals surface area contributed by atoms with Gasteiger partial charge >= 0.3 is 6.03 Å². The molecule has 1 aliphatic rings. The smallest absolute Gasteiger partial charge is 0.333 e.